The summed E-state index contributed by atoms with van der Waals surface area (Å²) in [6.07, 6.45) is 1.67. The van der Waals surface area contributed by atoms with Crippen molar-refractivity contribution in [2.75, 3.05) is 32.6 Å². The van der Waals surface area contributed by atoms with E-state index in [4.69, 9.17) is 9.47 Å². The molecule has 3 aromatic carbocycles. The third kappa shape index (κ3) is 5.06. The van der Waals surface area contributed by atoms with E-state index in [1.54, 1.807) is 14.2 Å². The first-order chi connectivity index (χ1) is 15.2. The summed E-state index contributed by atoms with van der Waals surface area (Å²) in [5.41, 5.74) is 5.65. The Hall–Kier alpha value is -3.31. The third-order valence-electron chi connectivity index (χ3n) is 5.69. The molecule has 0 radical (unpaired) electrons. The summed E-state index contributed by atoms with van der Waals surface area (Å²) in [7, 11) is 3.30. The number of ether oxygens (including phenoxy) is 2. The average molecular weight is 417 g/mol. The number of fused-ring (bicyclic) bond motifs is 1. The summed E-state index contributed by atoms with van der Waals surface area (Å²) in [6, 6.07) is 22.4. The maximum Gasteiger partial charge on any atom is 0.238 e. The van der Waals surface area contributed by atoms with Gasteiger partial charge in [-0.2, -0.15) is 0 Å². The first kappa shape index (κ1) is 20.9. The number of hydrogen-bond acceptors (Lipinski definition) is 4. The van der Waals surface area contributed by atoms with Gasteiger partial charge >= 0.3 is 0 Å². The number of carbonyl (C=O) groups excluding carboxylic acids is 1. The van der Waals surface area contributed by atoms with E-state index >= 15 is 0 Å². The SMILES string of the molecule is COc1cc2c(cc1OC)CN(CC(=O)Nc1ccccc1Cc1ccccc1)CC2. The van der Waals surface area contributed by atoms with Crippen LogP contribution in [0.3, 0.4) is 0 Å². The molecule has 1 aliphatic rings. The van der Waals surface area contributed by atoms with Crippen LogP contribution in [-0.2, 0) is 24.2 Å². The maximum absolute atomic E-state index is 12.8. The monoisotopic (exact) mass is 416 g/mol. The molecule has 5 nitrogen and oxygen atoms in total. The van der Waals surface area contributed by atoms with Crippen LogP contribution in [0.15, 0.2) is 66.7 Å². The zero-order valence-electron chi connectivity index (χ0n) is 18.1. The zero-order valence-corrected chi connectivity index (χ0v) is 18.1. The van der Waals surface area contributed by atoms with Crippen molar-refractivity contribution >= 4 is 11.6 Å². The smallest absolute Gasteiger partial charge is 0.238 e. The molecule has 1 amide bonds. The highest BCUT2D eigenvalue weighted by molar-refractivity contribution is 5.93. The molecule has 5 heteroatoms. The predicted molar refractivity (Wildman–Crippen MR) is 123 cm³/mol. The van der Waals surface area contributed by atoms with E-state index in [-0.39, 0.29) is 5.91 Å². The van der Waals surface area contributed by atoms with Crippen molar-refractivity contribution in [2.45, 2.75) is 19.4 Å². The Kier molecular flexibility index (Phi) is 6.53. The minimum absolute atomic E-state index is 0.00411. The summed E-state index contributed by atoms with van der Waals surface area (Å²) >= 11 is 0. The lowest BCUT2D eigenvalue weighted by molar-refractivity contribution is -0.117. The van der Waals surface area contributed by atoms with Crippen LogP contribution in [-0.4, -0.2) is 38.1 Å². The summed E-state index contributed by atoms with van der Waals surface area (Å²) in [5, 5.41) is 3.12. The van der Waals surface area contributed by atoms with Gasteiger partial charge in [0, 0.05) is 18.8 Å². The second-order valence-electron chi connectivity index (χ2n) is 7.80. The third-order valence-corrected chi connectivity index (χ3v) is 5.69. The number of nitrogens with zero attached hydrogens (tertiary/aromatic N) is 1. The van der Waals surface area contributed by atoms with E-state index in [2.05, 4.69) is 28.4 Å². The van der Waals surface area contributed by atoms with E-state index in [1.165, 1.54) is 16.7 Å². The number of nitrogens with one attached hydrogen (secondary N) is 1. The Morgan fingerprint density at radius 2 is 1.61 bits per heavy atom. The minimum Gasteiger partial charge on any atom is -0.493 e. The fourth-order valence-corrected chi connectivity index (χ4v) is 4.08. The van der Waals surface area contributed by atoms with Gasteiger partial charge in [-0.15, -0.1) is 0 Å². The number of carbonyl (C=O) groups is 1. The Morgan fingerprint density at radius 3 is 2.35 bits per heavy atom. The van der Waals surface area contributed by atoms with E-state index in [0.29, 0.717) is 6.54 Å². The van der Waals surface area contributed by atoms with Gasteiger partial charge in [-0.3, -0.25) is 9.69 Å². The average Bonchev–Trinajstić information content (AvgIpc) is 2.80. The molecule has 0 unspecified atom stereocenters. The standard InChI is InChI=1S/C26H28N2O3/c1-30-24-15-20-12-13-28(17-22(20)16-25(24)31-2)18-26(29)27-23-11-7-6-10-21(23)14-19-8-4-3-5-9-19/h3-11,15-16H,12-14,17-18H2,1-2H3,(H,27,29). The number of hydrogen-bond donors (Lipinski definition) is 1. The molecule has 1 aliphatic heterocycles. The van der Waals surface area contributed by atoms with Crippen molar-refractivity contribution in [1.82, 2.24) is 4.90 Å². The van der Waals surface area contributed by atoms with Crippen molar-refractivity contribution in [3.05, 3.63) is 89.0 Å². The van der Waals surface area contributed by atoms with E-state index < -0.39 is 0 Å². The summed E-state index contributed by atoms with van der Waals surface area (Å²) in [6.45, 7) is 1.91. The summed E-state index contributed by atoms with van der Waals surface area (Å²) < 4.78 is 10.8. The van der Waals surface area contributed by atoms with E-state index in [1.807, 2.05) is 48.5 Å². The molecule has 0 saturated carbocycles. The molecule has 4 rings (SSSR count). The molecule has 0 aromatic heterocycles. The maximum atomic E-state index is 12.8. The molecule has 0 atom stereocenters. The van der Waals surface area contributed by atoms with Crippen molar-refractivity contribution < 1.29 is 14.3 Å². The predicted octanol–water partition coefficient (Wildman–Crippen LogP) is 4.29. The highest BCUT2D eigenvalue weighted by Gasteiger charge is 2.21. The molecule has 31 heavy (non-hydrogen) atoms. The molecular formula is C26H28N2O3. The second-order valence-corrected chi connectivity index (χ2v) is 7.80. The Bertz CT molecular complexity index is 1050. The van der Waals surface area contributed by atoms with Gasteiger partial charge in [0.1, 0.15) is 0 Å². The molecule has 0 fully saturated rings. The minimum atomic E-state index is 0.00411. The molecule has 1 N–H and O–H groups in total. The number of amides is 1. The van der Waals surface area contributed by atoms with Gasteiger partial charge in [0.25, 0.3) is 0 Å². The lowest BCUT2D eigenvalue weighted by Crippen LogP contribution is -2.37. The van der Waals surface area contributed by atoms with Gasteiger partial charge in [-0.1, -0.05) is 48.5 Å². The van der Waals surface area contributed by atoms with Crippen LogP contribution in [0.2, 0.25) is 0 Å². The molecule has 0 spiro atoms. The highest BCUT2D eigenvalue weighted by atomic mass is 16.5. The van der Waals surface area contributed by atoms with Crippen LogP contribution in [0.1, 0.15) is 22.3 Å². The summed E-state index contributed by atoms with van der Waals surface area (Å²) in [5.74, 6) is 1.48. The number of benzene rings is 3. The fourth-order valence-electron chi connectivity index (χ4n) is 4.08. The van der Waals surface area contributed by atoms with Gasteiger partial charge < -0.3 is 14.8 Å². The molecule has 3 aromatic rings. The highest BCUT2D eigenvalue weighted by Crippen LogP contribution is 2.33. The molecule has 0 aliphatic carbocycles. The number of rotatable bonds is 7. The molecule has 1 heterocycles. The Morgan fingerprint density at radius 1 is 0.935 bits per heavy atom. The summed E-state index contributed by atoms with van der Waals surface area (Å²) in [4.78, 5) is 15.0. The van der Waals surface area contributed by atoms with Gasteiger partial charge in [-0.25, -0.2) is 0 Å². The van der Waals surface area contributed by atoms with Crippen LogP contribution in [0.4, 0.5) is 5.69 Å². The normalized spacial score (nSPS) is 13.4. The second kappa shape index (κ2) is 9.67. The number of anilines is 1. The van der Waals surface area contributed by atoms with Crippen molar-refractivity contribution in [2.24, 2.45) is 0 Å². The Balaban J connectivity index is 1.41. The van der Waals surface area contributed by atoms with E-state index in [9.17, 15) is 4.79 Å². The topological polar surface area (TPSA) is 50.8 Å². The molecular weight excluding hydrogens is 388 g/mol. The largest absolute Gasteiger partial charge is 0.493 e. The van der Waals surface area contributed by atoms with Gasteiger partial charge in [-0.05, 0) is 53.3 Å². The van der Waals surface area contributed by atoms with Crippen molar-refractivity contribution in [3.8, 4) is 11.5 Å². The first-order valence-corrected chi connectivity index (χ1v) is 10.5. The first-order valence-electron chi connectivity index (χ1n) is 10.5. The molecule has 0 saturated heterocycles. The van der Waals surface area contributed by atoms with E-state index in [0.717, 1.165) is 48.7 Å². The molecule has 0 bridgehead atoms. The van der Waals surface area contributed by atoms with Crippen LogP contribution < -0.4 is 14.8 Å². The van der Waals surface area contributed by atoms with Crippen molar-refractivity contribution in [3.63, 3.8) is 0 Å². The lowest BCUT2D eigenvalue weighted by Gasteiger charge is -2.29. The van der Waals surface area contributed by atoms with Crippen LogP contribution in [0, 0.1) is 0 Å². The molecule has 160 valence electrons. The van der Waals surface area contributed by atoms with Gasteiger partial charge in [0.2, 0.25) is 5.91 Å². The van der Waals surface area contributed by atoms with Gasteiger partial charge in [0.15, 0.2) is 11.5 Å². The number of para-hydroxylation sites is 1. The van der Waals surface area contributed by atoms with Crippen LogP contribution in [0.25, 0.3) is 0 Å². The van der Waals surface area contributed by atoms with Gasteiger partial charge in [0.05, 0.1) is 20.8 Å². The number of methoxy groups -OCH3 is 2. The van der Waals surface area contributed by atoms with Crippen LogP contribution in [0.5, 0.6) is 11.5 Å². The van der Waals surface area contributed by atoms with Crippen molar-refractivity contribution in [1.29, 1.82) is 0 Å². The quantitative estimate of drug-likeness (QED) is 0.624. The zero-order chi connectivity index (χ0) is 21.6. The Labute approximate surface area is 183 Å². The fraction of sp³-hybridized carbons (Fsp3) is 0.269. The van der Waals surface area contributed by atoms with Crippen LogP contribution >= 0.6 is 0 Å². The lowest BCUT2D eigenvalue weighted by atomic mass is 9.98.